The van der Waals surface area contributed by atoms with Crippen molar-refractivity contribution in [3.8, 4) is 0 Å². The van der Waals surface area contributed by atoms with Crippen LogP contribution in [0.15, 0.2) is 48.8 Å². The number of nitrogens with one attached hydrogen (secondary N) is 2. The van der Waals surface area contributed by atoms with Gasteiger partial charge in [0.05, 0.1) is 28.8 Å². The minimum absolute atomic E-state index is 0.0128. The van der Waals surface area contributed by atoms with E-state index in [4.69, 9.17) is 11.6 Å². The average molecular weight is 379 g/mol. The third kappa shape index (κ3) is 3.75. The number of rotatable bonds is 4. The van der Waals surface area contributed by atoms with Gasteiger partial charge in [-0.3, -0.25) is 4.79 Å². The number of carbonyl (C=O) groups is 1. The van der Waals surface area contributed by atoms with Crippen molar-refractivity contribution in [1.29, 1.82) is 0 Å². The lowest BCUT2D eigenvalue weighted by atomic mass is 10.3. The lowest BCUT2D eigenvalue weighted by molar-refractivity contribution is 0.102. The van der Waals surface area contributed by atoms with E-state index < -0.39 is 23.4 Å². The summed E-state index contributed by atoms with van der Waals surface area (Å²) < 4.78 is 39.8. The van der Waals surface area contributed by atoms with Crippen LogP contribution in [0.1, 0.15) is 10.5 Å². The second-order valence-electron chi connectivity index (χ2n) is 5.07. The Morgan fingerprint density at radius 3 is 2.38 bits per heavy atom. The van der Waals surface area contributed by atoms with E-state index in [9.17, 15) is 18.0 Å². The number of halogens is 4. The molecule has 0 atom stereocenters. The first-order valence-electron chi connectivity index (χ1n) is 7.24. The number of para-hydroxylation sites is 1. The predicted molar refractivity (Wildman–Crippen MR) is 91.0 cm³/mol. The molecule has 2 aromatic carbocycles. The van der Waals surface area contributed by atoms with Gasteiger partial charge in [-0.05, 0) is 24.3 Å². The van der Waals surface area contributed by atoms with E-state index in [1.165, 1.54) is 0 Å². The summed E-state index contributed by atoms with van der Waals surface area (Å²) in [5, 5.41) is 5.39. The second-order valence-corrected chi connectivity index (χ2v) is 5.48. The number of anilines is 3. The fraction of sp³-hybridized carbons (Fsp3) is 0. The summed E-state index contributed by atoms with van der Waals surface area (Å²) in [4.78, 5) is 19.9. The van der Waals surface area contributed by atoms with Gasteiger partial charge in [-0.25, -0.2) is 23.1 Å². The summed E-state index contributed by atoms with van der Waals surface area (Å²) in [6.07, 6.45) is 2.30. The van der Waals surface area contributed by atoms with Crippen molar-refractivity contribution in [3.63, 3.8) is 0 Å². The molecule has 1 aromatic heterocycles. The molecule has 0 fully saturated rings. The summed E-state index contributed by atoms with van der Waals surface area (Å²) >= 11 is 5.96. The van der Waals surface area contributed by atoms with Gasteiger partial charge in [-0.2, -0.15) is 0 Å². The largest absolute Gasteiger partial charge is 0.336 e. The number of aromatic nitrogens is 2. The molecule has 3 rings (SSSR count). The van der Waals surface area contributed by atoms with Crippen LogP contribution in [-0.2, 0) is 0 Å². The number of hydrogen-bond donors (Lipinski definition) is 2. The Labute approximate surface area is 150 Å². The molecule has 5 nitrogen and oxygen atoms in total. The van der Waals surface area contributed by atoms with Gasteiger partial charge in [-0.15, -0.1) is 0 Å². The van der Waals surface area contributed by atoms with Gasteiger partial charge in [0, 0.05) is 0 Å². The fourth-order valence-electron chi connectivity index (χ4n) is 2.02. The van der Waals surface area contributed by atoms with E-state index in [-0.39, 0.29) is 17.2 Å². The van der Waals surface area contributed by atoms with Crippen LogP contribution in [0.25, 0.3) is 0 Å². The summed E-state index contributed by atoms with van der Waals surface area (Å²) in [6.45, 7) is 0. The SMILES string of the molecule is O=C(Nc1ccccc1Cl)c1cnc(Nc2ccc(F)c(F)c2F)cn1. The molecule has 2 N–H and O–H groups in total. The Morgan fingerprint density at radius 1 is 0.923 bits per heavy atom. The maximum atomic E-state index is 13.6. The first kappa shape index (κ1) is 17.7. The Balaban J connectivity index is 1.73. The van der Waals surface area contributed by atoms with E-state index >= 15 is 0 Å². The van der Waals surface area contributed by atoms with Crippen LogP contribution in [0.5, 0.6) is 0 Å². The molecule has 0 aliphatic rings. The second kappa shape index (κ2) is 7.40. The van der Waals surface area contributed by atoms with E-state index in [0.717, 1.165) is 24.5 Å². The van der Waals surface area contributed by atoms with E-state index in [2.05, 4.69) is 20.6 Å². The molecule has 0 unspecified atom stereocenters. The van der Waals surface area contributed by atoms with Crippen LogP contribution in [0, 0.1) is 17.5 Å². The number of amides is 1. The van der Waals surface area contributed by atoms with Crippen LogP contribution in [0.3, 0.4) is 0 Å². The molecule has 0 aliphatic carbocycles. The van der Waals surface area contributed by atoms with Gasteiger partial charge in [0.2, 0.25) is 0 Å². The Kier molecular flexibility index (Phi) is 5.04. The molecule has 9 heteroatoms. The zero-order valence-corrected chi connectivity index (χ0v) is 13.7. The van der Waals surface area contributed by atoms with Crippen molar-refractivity contribution in [2.75, 3.05) is 10.6 Å². The molecule has 3 aromatic rings. The highest BCUT2D eigenvalue weighted by Gasteiger charge is 2.15. The van der Waals surface area contributed by atoms with E-state index in [0.29, 0.717) is 10.7 Å². The first-order chi connectivity index (χ1) is 12.5. The van der Waals surface area contributed by atoms with Crippen molar-refractivity contribution in [1.82, 2.24) is 9.97 Å². The fourth-order valence-corrected chi connectivity index (χ4v) is 2.20. The van der Waals surface area contributed by atoms with E-state index in [1.807, 2.05) is 0 Å². The van der Waals surface area contributed by atoms with Crippen LogP contribution >= 0.6 is 11.6 Å². The smallest absolute Gasteiger partial charge is 0.275 e. The number of benzene rings is 2. The molecule has 132 valence electrons. The molecular formula is C17H10ClF3N4O. The van der Waals surface area contributed by atoms with Crippen molar-refractivity contribution >= 4 is 34.7 Å². The molecule has 1 amide bonds. The molecule has 0 saturated carbocycles. The quantitative estimate of drug-likeness (QED) is 0.654. The number of nitrogens with zero attached hydrogens (tertiary/aromatic N) is 2. The minimum atomic E-state index is -1.60. The van der Waals surface area contributed by atoms with E-state index in [1.54, 1.807) is 24.3 Å². The highest BCUT2D eigenvalue weighted by atomic mass is 35.5. The third-order valence-electron chi connectivity index (χ3n) is 3.30. The van der Waals surface area contributed by atoms with Crippen LogP contribution in [-0.4, -0.2) is 15.9 Å². The normalized spacial score (nSPS) is 10.5. The summed E-state index contributed by atoms with van der Waals surface area (Å²) in [5.74, 6) is -4.78. The number of carbonyl (C=O) groups excluding carboxylic acids is 1. The lowest BCUT2D eigenvalue weighted by Crippen LogP contribution is -2.14. The molecule has 0 spiro atoms. The molecule has 1 heterocycles. The van der Waals surface area contributed by atoms with Crippen molar-refractivity contribution in [3.05, 3.63) is 77.0 Å². The van der Waals surface area contributed by atoms with Crippen molar-refractivity contribution in [2.24, 2.45) is 0 Å². The molecule has 0 saturated heterocycles. The van der Waals surface area contributed by atoms with Gasteiger partial charge in [0.25, 0.3) is 5.91 Å². The van der Waals surface area contributed by atoms with Gasteiger partial charge in [-0.1, -0.05) is 23.7 Å². The lowest BCUT2D eigenvalue weighted by Gasteiger charge is -2.09. The van der Waals surface area contributed by atoms with Crippen molar-refractivity contribution in [2.45, 2.75) is 0 Å². The first-order valence-corrected chi connectivity index (χ1v) is 7.62. The average Bonchev–Trinajstić information content (AvgIpc) is 2.64. The van der Waals surface area contributed by atoms with Crippen molar-refractivity contribution < 1.29 is 18.0 Å². The molecule has 0 radical (unpaired) electrons. The maximum Gasteiger partial charge on any atom is 0.275 e. The Bertz CT molecular complexity index is 967. The van der Waals surface area contributed by atoms with Gasteiger partial charge in [0.15, 0.2) is 17.5 Å². The van der Waals surface area contributed by atoms with Gasteiger partial charge < -0.3 is 10.6 Å². The standard InChI is InChI=1S/C17H10ClF3N4O/c18-9-3-1-2-4-11(9)25-17(26)13-7-23-14(8-22-13)24-12-6-5-10(19)15(20)16(12)21/h1-8H,(H,23,24)(H,25,26). The van der Waals surface area contributed by atoms with Crippen LogP contribution < -0.4 is 10.6 Å². The topological polar surface area (TPSA) is 66.9 Å². The highest BCUT2D eigenvalue weighted by molar-refractivity contribution is 6.33. The zero-order valence-electron chi connectivity index (χ0n) is 12.9. The van der Waals surface area contributed by atoms with Crippen LogP contribution in [0.4, 0.5) is 30.4 Å². The van der Waals surface area contributed by atoms with Crippen LogP contribution in [0.2, 0.25) is 5.02 Å². The summed E-state index contributed by atoms with van der Waals surface area (Å²) in [5.41, 5.74) is 0.0831. The number of hydrogen-bond acceptors (Lipinski definition) is 4. The summed E-state index contributed by atoms with van der Waals surface area (Å²) in [6, 6.07) is 8.46. The Hall–Kier alpha value is -3.13. The zero-order chi connectivity index (χ0) is 18.7. The monoisotopic (exact) mass is 378 g/mol. The van der Waals surface area contributed by atoms with Gasteiger partial charge in [0.1, 0.15) is 11.5 Å². The molecule has 0 aliphatic heterocycles. The summed E-state index contributed by atoms with van der Waals surface area (Å²) in [7, 11) is 0. The minimum Gasteiger partial charge on any atom is -0.336 e. The highest BCUT2D eigenvalue weighted by Crippen LogP contribution is 2.23. The molecular weight excluding hydrogens is 369 g/mol. The predicted octanol–water partition coefficient (Wildman–Crippen LogP) is 4.54. The molecule has 26 heavy (non-hydrogen) atoms. The maximum absolute atomic E-state index is 13.6. The Morgan fingerprint density at radius 2 is 1.69 bits per heavy atom. The molecule has 0 bridgehead atoms. The van der Waals surface area contributed by atoms with Gasteiger partial charge >= 0.3 is 0 Å². The third-order valence-corrected chi connectivity index (χ3v) is 3.63.